The van der Waals surface area contributed by atoms with Gasteiger partial charge in [-0.15, -0.1) is 0 Å². The number of nitrogens with one attached hydrogen (secondary N) is 3. The van der Waals surface area contributed by atoms with E-state index in [0.717, 1.165) is 5.39 Å². The fourth-order valence-corrected chi connectivity index (χ4v) is 8.80. The zero-order valence-electron chi connectivity index (χ0n) is 31.9. The van der Waals surface area contributed by atoms with Gasteiger partial charge in [-0.05, 0) is 75.7 Å². The van der Waals surface area contributed by atoms with Crippen molar-refractivity contribution in [2.75, 3.05) is 13.7 Å². The molecule has 4 amide bonds. The van der Waals surface area contributed by atoms with E-state index in [1.54, 1.807) is 31.2 Å². The highest BCUT2D eigenvalue weighted by Crippen LogP contribution is 2.46. The Labute approximate surface area is 323 Å². The lowest BCUT2D eigenvalue weighted by Crippen LogP contribution is -2.59. The Bertz CT molecular complexity index is 2010. The number of allylic oxidation sites excluding steroid dienone is 1. The summed E-state index contributed by atoms with van der Waals surface area (Å²) in [6, 6.07) is 6.16. The third-order valence-corrected chi connectivity index (χ3v) is 12.9. The van der Waals surface area contributed by atoms with Gasteiger partial charge in [0.15, 0.2) is 0 Å². The average Bonchev–Trinajstić information content (AvgIpc) is 4.04. The van der Waals surface area contributed by atoms with E-state index in [4.69, 9.17) is 14.2 Å². The van der Waals surface area contributed by atoms with Crippen LogP contribution in [0.1, 0.15) is 72.6 Å². The van der Waals surface area contributed by atoms with Crippen LogP contribution in [0, 0.1) is 17.8 Å². The number of carbonyl (C=O) groups excluding carboxylic acids is 4. The topological polar surface area (TPSA) is 182 Å². The number of hydrogen-bond donors (Lipinski definition) is 3. The molecule has 4 aliphatic rings. The average molecular weight is 808 g/mol. The number of benzene rings is 1. The molecule has 0 spiro atoms. The number of hydrogen-bond acceptors (Lipinski definition) is 10. The molecule has 3 fully saturated rings. The first kappa shape index (κ1) is 41.0. The highest BCUT2D eigenvalue weighted by Gasteiger charge is 2.62. The number of ether oxygens (including phenoxy) is 3. The Morgan fingerprint density at radius 1 is 1.07 bits per heavy atom. The van der Waals surface area contributed by atoms with Crippen LogP contribution in [-0.4, -0.2) is 96.5 Å². The summed E-state index contributed by atoms with van der Waals surface area (Å²) >= 11 is 0. The number of fused-ring (bicyclic) bond motifs is 3. The lowest BCUT2D eigenvalue weighted by atomic mass is 9.88. The molecule has 1 aromatic carbocycles. The minimum Gasteiger partial charge on any atom is -0.481 e. The van der Waals surface area contributed by atoms with Gasteiger partial charge in [0, 0.05) is 23.8 Å². The molecule has 1 aromatic heterocycles. The molecule has 3 heterocycles. The van der Waals surface area contributed by atoms with Gasteiger partial charge in [0.05, 0.1) is 18.9 Å². The van der Waals surface area contributed by atoms with Crippen LogP contribution in [0.25, 0.3) is 10.8 Å². The Kier molecular flexibility index (Phi) is 11.3. The quantitative estimate of drug-likeness (QED) is 0.321. The Hall–Kier alpha value is -4.61. The van der Waals surface area contributed by atoms with Crippen molar-refractivity contribution in [3.8, 4) is 11.8 Å². The van der Waals surface area contributed by atoms with E-state index >= 15 is 0 Å². The predicted molar refractivity (Wildman–Crippen MR) is 197 cm³/mol. The largest absolute Gasteiger partial charge is 0.481 e. The number of alkyl halides is 3. The summed E-state index contributed by atoms with van der Waals surface area (Å²) in [5.41, 5.74) is -4.51. The molecular weight excluding hydrogens is 760 g/mol. The minimum atomic E-state index is -4.91. The van der Waals surface area contributed by atoms with Crippen LogP contribution < -0.4 is 24.8 Å². The molecule has 0 unspecified atom stereocenters. The maximum atomic E-state index is 14.7. The van der Waals surface area contributed by atoms with Crippen molar-refractivity contribution in [2.24, 2.45) is 17.8 Å². The van der Waals surface area contributed by atoms with Gasteiger partial charge in [-0.3, -0.25) is 19.1 Å². The second-order valence-electron chi connectivity index (χ2n) is 16.0. The van der Waals surface area contributed by atoms with E-state index in [1.807, 2.05) is 25.1 Å². The highest BCUT2D eigenvalue weighted by molar-refractivity contribution is 7.91. The van der Waals surface area contributed by atoms with Crippen LogP contribution in [0.2, 0.25) is 0 Å². The molecule has 2 saturated carbocycles. The second kappa shape index (κ2) is 15.4. The second-order valence-corrected chi connectivity index (χ2v) is 17.9. The lowest BCUT2D eigenvalue weighted by molar-refractivity contribution is -0.244. The van der Waals surface area contributed by atoms with E-state index < -0.39 is 86.4 Å². The normalized spacial score (nSPS) is 29.5. The predicted octanol–water partition coefficient (Wildman–Crippen LogP) is 4.52. The summed E-state index contributed by atoms with van der Waals surface area (Å²) in [6.45, 7) is 4.78. The highest BCUT2D eigenvalue weighted by atomic mass is 32.2. The third kappa shape index (κ3) is 8.69. The molecule has 1 saturated heterocycles. The molecule has 2 aliphatic heterocycles. The monoisotopic (exact) mass is 807 g/mol. The van der Waals surface area contributed by atoms with Crippen molar-refractivity contribution < 1.29 is 55.0 Å². The molecule has 2 aliphatic carbocycles. The molecular formula is C38H48F3N5O9S. The van der Waals surface area contributed by atoms with E-state index in [-0.39, 0.29) is 37.1 Å². The summed E-state index contributed by atoms with van der Waals surface area (Å²) in [7, 11) is -2.54. The van der Waals surface area contributed by atoms with Gasteiger partial charge < -0.3 is 29.7 Å². The van der Waals surface area contributed by atoms with E-state index in [0.29, 0.717) is 51.3 Å². The fourth-order valence-electron chi connectivity index (χ4n) is 7.44. The SMILES string of the molecule is COc1cc2ccccc2c(O[C@@H]2C[C@H]3C(=O)N[C@]4(C(=O)NS(=O)(=O)C5CC5)C[C@H]4/C=C\CC[C@H](C)C[C@@H](C)[C@H](NC(=O)OC(C)(C)C(F)(F)F)C(=O)N3C2)n1. The molecule has 306 valence electrons. The van der Waals surface area contributed by atoms with Gasteiger partial charge in [0.1, 0.15) is 23.7 Å². The Morgan fingerprint density at radius 2 is 1.79 bits per heavy atom. The first-order valence-corrected chi connectivity index (χ1v) is 20.3. The summed E-state index contributed by atoms with van der Waals surface area (Å²) in [4.78, 5) is 61.6. The van der Waals surface area contributed by atoms with Crippen LogP contribution in [0.3, 0.4) is 0 Å². The molecule has 18 heteroatoms. The van der Waals surface area contributed by atoms with Crippen LogP contribution in [0.15, 0.2) is 42.5 Å². The van der Waals surface area contributed by atoms with Gasteiger partial charge >= 0.3 is 12.3 Å². The number of pyridine rings is 1. The van der Waals surface area contributed by atoms with Gasteiger partial charge in [0.25, 0.3) is 5.91 Å². The van der Waals surface area contributed by atoms with Crippen molar-refractivity contribution in [1.82, 2.24) is 25.2 Å². The minimum absolute atomic E-state index is 0.0342. The number of methoxy groups -OCH3 is 1. The van der Waals surface area contributed by atoms with Crippen LogP contribution in [-0.2, 0) is 29.1 Å². The van der Waals surface area contributed by atoms with Crippen molar-refractivity contribution in [2.45, 2.75) is 113 Å². The number of nitrogens with zero attached hydrogens (tertiary/aromatic N) is 2. The molecule has 0 radical (unpaired) electrons. The van der Waals surface area contributed by atoms with E-state index in [9.17, 15) is 40.8 Å². The van der Waals surface area contributed by atoms with Crippen molar-refractivity contribution in [1.29, 1.82) is 0 Å². The van der Waals surface area contributed by atoms with Gasteiger partial charge in [-0.2, -0.15) is 18.2 Å². The van der Waals surface area contributed by atoms with Crippen LogP contribution in [0.5, 0.6) is 11.8 Å². The number of aromatic nitrogens is 1. The molecule has 14 nitrogen and oxygen atoms in total. The molecule has 7 atom stereocenters. The number of alkyl carbamates (subject to hydrolysis) is 1. The molecule has 6 rings (SSSR count). The molecule has 0 bridgehead atoms. The number of rotatable bonds is 8. The Balaban J connectivity index is 1.36. The standard InChI is InChI=1S/C38H48F3N5O9S/c1-21-10-6-8-12-24-19-37(24,34(49)45-56(51,52)26-14-15-26)44-31(47)28-18-25(54-32-27-13-9-7-11-23(27)17-29(42-32)53-5)20-46(28)33(48)30(22(2)16-21)43-35(50)55-36(3,4)38(39,40)41/h7-9,11-13,17,21-22,24-26,28,30H,6,10,14-16,18-20H2,1-5H3,(H,43,50)(H,44,47)(H,45,49)/b12-8-/t21-,22+,24+,25+,28-,30-,37+/m0/s1. The number of carbonyl (C=O) groups is 4. The first-order chi connectivity index (χ1) is 26.2. The Morgan fingerprint density at radius 3 is 2.46 bits per heavy atom. The molecule has 3 N–H and O–H groups in total. The van der Waals surface area contributed by atoms with Crippen LogP contribution >= 0.6 is 0 Å². The maximum Gasteiger partial charge on any atom is 0.427 e. The van der Waals surface area contributed by atoms with Crippen molar-refractivity contribution in [3.63, 3.8) is 0 Å². The summed E-state index contributed by atoms with van der Waals surface area (Å²) in [6.07, 6.45) is -1.27. The van der Waals surface area contributed by atoms with Gasteiger partial charge in [-0.1, -0.05) is 44.2 Å². The van der Waals surface area contributed by atoms with Gasteiger partial charge in [0.2, 0.25) is 39.2 Å². The first-order valence-electron chi connectivity index (χ1n) is 18.8. The van der Waals surface area contributed by atoms with E-state index in [2.05, 4.69) is 20.3 Å². The molecule has 56 heavy (non-hydrogen) atoms. The zero-order chi connectivity index (χ0) is 40.8. The summed E-state index contributed by atoms with van der Waals surface area (Å²) < 4.78 is 85.5. The molecule has 2 aromatic rings. The van der Waals surface area contributed by atoms with E-state index in [1.165, 1.54) is 12.0 Å². The zero-order valence-corrected chi connectivity index (χ0v) is 32.7. The third-order valence-electron chi connectivity index (χ3n) is 11.1. The van der Waals surface area contributed by atoms with Crippen LogP contribution in [0.4, 0.5) is 18.0 Å². The summed E-state index contributed by atoms with van der Waals surface area (Å²) in [5, 5.41) is 5.81. The lowest BCUT2D eigenvalue weighted by Gasteiger charge is -2.34. The number of sulfonamides is 1. The number of halogens is 3. The number of amides is 4. The summed E-state index contributed by atoms with van der Waals surface area (Å²) in [5.74, 6) is -3.25. The fraction of sp³-hybridized carbons (Fsp3) is 0.605. The van der Waals surface area contributed by atoms with Crippen molar-refractivity contribution >= 4 is 44.6 Å². The maximum absolute atomic E-state index is 14.7. The smallest absolute Gasteiger partial charge is 0.427 e. The van der Waals surface area contributed by atoms with Crippen molar-refractivity contribution in [3.05, 3.63) is 42.5 Å². The van der Waals surface area contributed by atoms with Gasteiger partial charge in [-0.25, -0.2) is 13.2 Å².